The monoisotopic (exact) mass is 191 g/mol. The predicted octanol–water partition coefficient (Wildman–Crippen LogP) is 0.654. The highest BCUT2D eigenvalue weighted by molar-refractivity contribution is 5.78. The molecule has 3 N–H and O–H groups in total. The first-order valence-corrected chi connectivity index (χ1v) is 4.52. The largest absolute Gasteiger partial charge is 0.491 e. The van der Waals surface area contributed by atoms with Gasteiger partial charge in [0.25, 0.3) is 0 Å². The number of para-hydroxylation sites is 1. The molecule has 1 aliphatic rings. The van der Waals surface area contributed by atoms with Crippen LogP contribution < -0.4 is 15.8 Å². The van der Waals surface area contributed by atoms with Gasteiger partial charge >= 0.3 is 0 Å². The summed E-state index contributed by atoms with van der Waals surface area (Å²) >= 11 is 0. The molecule has 0 bridgehead atoms. The predicted molar refractivity (Wildman–Crippen MR) is 55.4 cm³/mol. The molecule has 0 radical (unpaired) electrons. The van der Waals surface area contributed by atoms with Crippen LogP contribution in [0.2, 0.25) is 0 Å². The molecule has 1 heterocycles. The van der Waals surface area contributed by atoms with Crippen molar-refractivity contribution in [2.45, 2.75) is 6.04 Å². The van der Waals surface area contributed by atoms with E-state index < -0.39 is 0 Å². The van der Waals surface area contributed by atoms with Crippen LogP contribution in [0.3, 0.4) is 0 Å². The minimum Gasteiger partial charge on any atom is -0.491 e. The fourth-order valence-corrected chi connectivity index (χ4v) is 1.53. The molecule has 4 nitrogen and oxygen atoms in total. The molecule has 1 unspecified atom stereocenters. The molecule has 14 heavy (non-hydrogen) atoms. The molecule has 0 saturated heterocycles. The summed E-state index contributed by atoms with van der Waals surface area (Å²) in [6, 6.07) is 8.05. The first kappa shape index (κ1) is 8.87. The third kappa shape index (κ3) is 1.51. The van der Waals surface area contributed by atoms with Gasteiger partial charge < -0.3 is 15.8 Å². The highest BCUT2D eigenvalue weighted by atomic mass is 16.5. The van der Waals surface area contributed by atoms with Crippen molar-refractivity contribution in [1.29, 1.82) is 0 Å². The zero-order valence-electron chi connectivity index (χ0n) is 8.03. The Morgan fingerprint density at radius 1 is 1.57 bits per heavy atom. The molecule has 1 atom stereocenters. The van der Waals surface area contributed by atoms with E-state index in [0.717, 1.165) is 11.3 Å². The van der Waals surface area contributed by atoms with Gasteiger partial charge in [-0.3, -0.25) is 4.99 Å². The van der Waals surface area contributed by atoms with Gasteiger partial charge in [0.2, 0.25) is 0 Å². The zero-order chi connectivity index (χ0) is 9.97. The first-order valence-electron chi connectivity index (χ1n) is 4.52. The summed E-state index contributed by atoms with van der Waals surface area (Å²) in [5.41, 5.74) is 6.73. The van der Waals surface area contributed by atoms with Crippen LogP contribution in [0, 0.1) is 0 Å². The molecule has 0 saturated carbocycles. The van der Waals surface area contributed by atoms with Crippen LogP contribution in [0.25, 0.3) is 0 Å². The maximum atomic E-state index is 5.59. The fraction of sp³-hybridized carbons (Fsp3) is 0.300. The number of nitrogens with one attached hydrogen (secondary N) is 1. The Kier molecular flexibility index (Phi) is 2.26. The zero-order valence-corrected chi connectivity index (χ0v) is 8.03. The molecule has 0 aliphatic carbocycles. The average Bonchev–Trinajstić information content (AvgIpc) is 2.62. The van der Waals surface area contributed by atoms with Crippen molar-refractivity contribution in [2.75, 3.05) is 13.7 Å². The Balaban J connectivity index is 2.18. The molecule has 4 heteroatoms. The summed E-state index contributed by atoms with van der Waals surface area (Å²) in [5.74, 6) is 1.37. The van der Waals surface area contributed by atoms with E-state index >= 15 is 0 Å². The number of hydrogen-bond donors (Lipinski definition) is 2. The second-order valence-electron chi connectivity index (χ2n) is 3.15. The van der Waals surface area contributed by atoms with Crippen LogP contribution in [-0.2, 0) is 0 Å². The SMILES string of the molecule is CN=C(N)NC1COc2ccccc21. The van der Waals surface area contributed by atoms with Crippen molar-refractivity contribution in [3.8, 4) is 5.75 Å². The number of fused-ring (bicyclic) bond motifs is 1. The lowest BCUT2D eigenvalue weighted by Gasteiger charge is -2.11. The van der Waals surface area contributed by atoms with Gasteiger partial charge in [-0.15, -0.1) is 0 Å². The topological polar surface area (TPSA) is 59.6 Å². The van der Waals surface area contributed by atoms with Crippen LogP contribution in [0.4, 0.5) is 0 Å². The molecule has 1 aromatic rings. The van der Waals surface area contributed by atoms with E-state index in [9.17, 15) is 0 Å². The number of benzene rings is 1. The molecular formula is C10H13N3O. The second-order valence-corrected chi connectivity index (χ2v) is 3.15. The highest BCUT2D eigenvalue weighted by Crippen LogP contribution is 2.31. The van der Waals surface area contributed by atoms with E-state index in [1.54, 1.807) is 7.05 Å². The Hall–Kier alpha value is -1.71. The molecule has 1 aliphatic heterocycles. The van der Waals surface area contributed by atoms with Gasteiger partial charge in [-0.1, -0.05) is 18.2 Å². The average molecular weight is 191 g/mol. The lowest BCUT2D eigenvalue weighted by atomic mass is 10.1. The van der Waals surface area contributed by atoms with E-state index in [0.29, 0.717) is 12.6 Å². The van der Waals surface area contributed by atoms with Crippen molar-refractivity contribution in [3.63, 3.8) is 0 Å². The van der Waals surface area contributed by atoms with Gasteiger partial charge in [-0.25, -0.2) is 0 Å². The number of nitrogens with two attached hydrogens (primary N) is 1. The van der Waals surface area contributed by atoms with Crippen molar-refractivity contribution in [2.24, 2.45) is 10.7 Å². The Bertz CT molecular complexity index is 362. The van der Waals surface area contributed by atoms with Gasteiger partial charge in [-0.2, -0.15) is 0 Å². The molecule has 1 aromatic carbocycles. The smallest absolute Gasteiger partial charge is 0.188 e. The molecule has 0 fully saturated rings. The van der Waals surface area contributed by atoms with Crippen LogP contribution in [-0.4, -0.2) is 19.6 Å². The molecule has 0 amide bonds. The third-order valence-corrected chi connectivity index (χ3v) is 2.26. The van der Waals surface area contributed by atoms with Crippen molar-refractivity contribution < 1.29 is 4.74 Å². The van der Waals surface area contributed by atoms with Crippen molar-refractivity contribution in [1.82, 2.24) is 5.32 Å². The number of guanidine groups is 1. The summed E-state index contributed by atoms with van der Waals surface area (Å²) in [6.07, 6.45) is 0. The Labute approximate surface area is 82.8 Å². The fourth-order valence-electron chi connectivity index (χ4n) is 1.53. The van der Waals surface area contributed by atoms with E-state index in [1.807, 2.05) is 24.3 Å². The lowest BCUT2D eigenvalue weighted by Crippen LogP contribution is -2.35. The van der Waals surface area contributed by atoms with Gasteiger partial charge in [0.05, 0.1) is 6.04 Å². The van der Waals surface area contributed by atoms with Crippen molar-refractivity contribution in [3.05, 3.63) is 29.8 Å². The highest BCUT2D eigenvalue weighted by Gasteiger charge is 2.23. The van der Waals surface area contributed by atoms with Gasteiger partial charge in [0.1, 0.15) is 12.4 Å². The summed E-state index contributed by atoms with van der Waals surface area (Å²) in [7, 11) is 1.66. The number of nitrogens with zero attached hydrogens (tertiary/aromatic N) is 1. The maximum absolute atomic E-state index is 5.59. The Morgan fingerprint density at radius 2 is 2.36 bits per heavy atom. The second kappa shape index (κ2) is 3.57. The van der Waals surface area contributed by atoms with Gasteiger partial charge in [-0.05, 0) is 6.07 Å². The van der Waals surface area contributed by atoms with Crippen LogP contribution >= 0.6 is 0 Å². The van der Waals surface area contributed by atoms with Crippen LogP contribution in [0.15, 0.2) is 29.3 Å². The molecular weight excluding hydrogens is 178 g/mol. The Morgan fingerprint density at radius 3 is 3.14 bits per heavy atom. The molecule has 74 valence electrons. The molecule has 0 spiro atoms. The van der Waals surface area contributed by atoms with E-state index in [1.165, 1.54) is 0 Å². The summed E-state index contributed by atoms with van der Waals surface area (Å²) in [4.78, 5) is 3.85. The number of aliphatic imine (C=N–C) groups is 1. The summed E-state index contributed by atoms with van der Waals surface area (Å²) < 4.78 is 5.48. The lowest BCUT2D eigenvalue weighted by molar-refractivity contribution is 0.324. The van der Waals surface area contributed by atoms with Crippen LogP contribution in [0.1, 0.15) is 11.6 Å². The van der Waals surface area contributed by atoms with Gasteiger partial charge in [0, 0.05) is 12.6 Å². The van der Waals surface area contributed by atoms with E-state index in [2.05, 4.69) is 10.3 Å². The van der Waals surface area contributed by atoms with Gasteiger partial charge in [0.15, 0.2) is 5.96 Å². The summed E-state index contributed by atoms with van der Waals surface area (Å²) in [6.45, 7) is 0.607. The third-order valence-electron chi connectivity index (χ3n) is 2.26. The minimum absolute atomic E-state index is 0.120. The summed E-state index contributed by atoms with van der Waals surface area (Å²) in [5, 5.41) is 3.09. The quantitative estimate of drug-likeness (QED) is 0.506. The number of hydrogen-bond acceptors (Lipinski definition) is 2. The molecule has 2 rings (SSSR count). The molecule has 0 aromatic heterocycles. The van der Waals surface area contributed by atoms with Crippen LogP contribution in [0.5, 0.6) is 5.75 Å². The minimum atomic E-state index is 0.120. The number of rotatable bonds is 1. The standard InChI is InChI=1S/C10H13N3O/c1-12-10(11)13-8-6-14-9-5-3-2-4-7(8)9/h2-5,8H,6H2,1H3,(H3,11,12,13). The van der Waals surface area contributed by atoms with E-state index in [-0.39, 0.29) is 6.04 Å². The normalized spacial score (nSPS) is 20.1. The maximum Gasteiger partial charge on any atom is 0.188 e. The van der Waals surface area contributed by atoms with E-state index in [4.69, 9.17) is 10.5 Å². The van der Waals surface area contributed by atoms with Crippen molar-refractivity contribution >= 4 is 5.96 Å². The number of ether oxygens (including phenoxy) is 1. The first-order chi connectivity index (χ1) is 6.81.